The molecule has 0 unspecified atom stereocenters. The maximum absolute atomic E-state index is 11.6. The molecule has 0 radical (unpaired) electrons. The van der Waals surface area contributed by atoms with Crippen LogP contribution in [0.5, 0.6) is 0 Å². The molecule has 1 aromatic rings. The number of carbonyl (C=O) groups is 1. The van der Waals surface area contributed by atoms with Gasteiger partial charge in [-0.3, -0.25) is 4.79 Å². The predicted molar refractivity (Wildman–Crippen MR) is 86.9 cm³/mol. The number of nitrogens with zero attached hydrogens (tertiary/aromatic N) is 3. The van der Waals surface area contributed by atoms with E-state index in [2.05, 4.69) is 34.4 Å². The summed E-state index contributed by atoms with van der Waals surface area (Å²) < 4.78 is 0. The largest absolute Gasteiger partial charge is 0.370 e. The molecular formula is C15H27N5O. The van der Waals surface area contributed by atoms with Crippen molar-refractivity contribution in [2.45, 2.75) is 40.0 Å². The second-order valence-electron chi connectivity index (χ2n) is 5.14. The fourth-order valence-corrected chi connectivity index (χ4v) is 2.04. The first-order valence-corrected chi connectivity index (χ1v) is 7.56. The topological polar surface area (TPSA) is 70.2 Å². The lowest BCUT2D eigenvalue weighted by Gasteiger charge is -2.22. The predicted octanol–water partition coefficient (Wildman–Crippen LogP) is 1.74. The molecule has 0 saturated carbocycles. The van der Waals surface area contributed by atoms with Crippen LogP contribution >= 0.6 is 0 Å². The highest BCUT2D eigenvalue weighted by molar-refractivity contribution is 5.81. The number of rotatable bonds is 8. The highest BCUT2D eigenvalue weighted by Gasteiger charge is 2.15. The van der Waals surface area contributed by atoms with Crippen LogP contribution in [0.3, 0.4) is 0 Å². The Morgan fingerprint density at radius 3 is 2.52 bits per heavy atom. The fraction of sp³-hybridized carbons (Fsp3) is 0.667. The number of aromatic nitrogens is 2. The SMILES string of the molecule is CCCNc1nc(CCC)nc(N(C)CC(=O)NC)c1C. The summed E-state index contributed by atoms with van der Waals surface area (Å²) in [5.74, 6) is 2.47. The van der Waals surface area contributed by atoms with Crippen molar-refractivity contribution in [3.05, 3.63) is 11.4 Å². The third-order valence-corrected chi connectivity index (χ3v) is 3.20. The Morgan fingerprint density at radius 2 is 1.95 bits per heavy atom. The standard InChI is InChI=1S/C15H27N5O/c1-6-8-12-18-14(17-9-7-2)11(3)15(19-12)20(5)10-13(21)16-4/h6-10H2,1-5H3,(H,16,21)(H,17,18,19). The Morgan fingerprint density at radius 1 is 1.24 bits per heavy atom. The molecule has 0 saturated heterocycles. The van der Waals surface area contributed by atoms with Gasteiger partial charge in [-0.15, -0.1) is 0 Å². The van der Waals surface area contributed by atoms with Gasteiger partial charge in [0.15, 0.2) is 0 Å². The van der Waals surface area contributed by atoms with Gasteiger partial charge in [-0.25, -0.2) is 9.97 Å². The van der Waals surface area contributed by atoms with Gasteiger partial charge in [0.25, 0.3) is 0 Å². The van der Waals surface area contributed by atoms with Gasteiger partial charge in [0.2, 0.25) is 5.91 Å². The third kappa shape index (κ3) is 4.88. The summed E-state index contributed by atoms with van der Waals surface area (Å²) in [5, 5.41) is 5.98. The lowest BCUT2D eigenvalue weighted by molar-refractivity contribution is -0.119. The highest BCUT2D eigenvalue weighted by atomic mass is 16.1. The van der Waals surface area contributed by atoms with Gasteiger partial charge in [-0.1, -0.05) is 13.8 Å². The lowest BCUT2D eigenvalue weighted by atomic mass is 10.2. The zero-order chi connectivity index (χ0) is 15.8. The Bertz CT molecular complexity index is 475. The Balaban J connectivity index is 3.09. The summed E-state index contributed by atoms with van der Waals surface area (Å²) in [6, 6.07) is 0. The third-order valence-electron chi connectivity index (χ3n) is 3.20. The summed E-state index contributed by atoms with van der Waals surface area (Å²) in [6.45, 7) is 7.38. The summed E-state index contributed by atoms with van der Waals surface area (Å²) >= 11 is 0. The van der Waals surface area contributed by atoms with Gasteiger partial charge in [0.05, 0.1) is 6.54 Å². The van der Waals surface area contributed by atoms with Gasteiger partial charge in [-0.2, -0.15) is 0 Å². The van der Waals surface area contributed by atoms with Crippen LogP contribution < -0.4 is 15.5 Å². The zero-order valence-electron chi connectivity index (χ0n) is 13.8. The molecular weight excluding hydrogens is 266 g/mol. The number of likely N-dealkylation sites (N-methyl/N-ethyl adjacent to an activating group) is 2. The monoisotopic (exact) mass is 293 g/mol. The first-order chi connectivity index (χ1) is 10.0. The highest BCUT2D eigenvalue weighted by Crippen LogP contribution is 2.23. The van der Waals surface area contributed by atoms with E-state index in [-0.39, 0.29) is 12.5 Å². The molecule has 2 N–H and O–H groups in total. The summed E-state index contributed by atoms with van der Waals surface area (Å²) in [5.41, 5.74) is 0.981. The zero-order valence-corrected chi connectivity index (χ0v) is 13.8. The van der Waals surface area contributed by atoms with Crippen molar-refractivity contribution in [2.75, 3.05) is 37.4 Å². The van der Waals surface area contributed by atoms with Gasteiger partial charge in [-0.05, 0) is 19.8 Å². The number of nitrogens with one attached hydrogen (secondary N) is 2. The molecule has 1 rings (SSSR count). The summed E-state index contributed by atoms with van der Waals surface area (Å²) in [4.78, 5) is 22.6. The van der Waals surface area contributed by atoms with E-state index in [1.165, 1.54) is 0 Å². The van der Waals surface area contributed by atoms with Crippen molar-refractivity contribution >= 4 is 17.5 Å². The van der Waals surface area contributed by atoms with Crippen molar-refractivity contribution in [3.63, 3.8) is 0 Å². The minimum absolute atomic E-state index is 0.0318. The molecule has 1 heterocycles. The number of aryl methyl sites for hydroxylation is 1. The van der Waals surface area contributed by atoms with Crippen molar-refractivity contribution < 1.29 is 4.79 Å². The quantitative estimate of drug-likeness (QED) is 0.764. The van der Waals surface area contributed by atoms with Crippen LogP contribution in [0.15, 0.2) is 0 Å². The average molecular weight is 293 g/mol. The van der Waals surface area contributed by atoms with E-state index in [1.54, 1.807) is 7.05 Å². The molecule has 0 aliphatic heterocycles. The second kappa shape index (κ2) is 8.44. The number of hydrogen-bond donors (Lipinski definition) is 2. The number of anilines is 2. The van der Waals surface area contributed by atoms with Crippen molar-refractivity contribution in [2.24, 2.45) is 0 Å². The number of carbonyl (C=O) groups excluding carboxylic acids is 1. The molecule has 0 aromatic carbocycles. The molecule has 0 aliphatic carbocycles. The Hall–Kier alpha value is -1.85. The molecule has 1 amide bonds. The van der Waals surface area contributed by atoms with E-state index < -0.39 is 0 Å². The smallest absolute Gasteiger partial charge is 0.239 e. The molecule has 0 fully saturated rings. The fourth-order valence-electron chi connectivity index (χ4n) is 2.04. The molecule has 1 aromatic heterocycles. The molecule has 0 atom stereocenters. The van der Waals surface area contributed by atoms with Crippen molar-refractivity contribution in [3.8, 4) is 0 Å². The van der Waals surface area contributed by atoms with Gasteiger partial charge < -0.3 is 15.5 Å². The van der Waals surface area contributed by atoms with Crippen LogP contribution in [0.1, 0.15) is 38.1 Å². The minimum atomic E-state index is -0.0318. The molecule has 0 bridgehead atoms. The van der Waals surface area contributed by atoms with Crippen LogP contribution in [0.25, 0.3) is 0 Å². The maximum Gasteiger partial charge on any atom is 0.239 e. The maximum atomic E-state index is 11.6. The van der Waals surface area contributed by atoms with Crippen LogP contribution in [0, 0.1) is 6.92 Å². The number of amides is 1. The second-order valence-corrected chi connectivity index (χ2v) is 5.14. The first-order valence-electron chi connectivity index (χ1n) is 7.56. The van der Waals surface area contributed by atoms with E-state index in [0.717, 1.165) is 48.8 Å². The van der Waals surface area contributed by atoms with E-state index in [1.807, 2.05) is 18.9 Å². The normalized spacial score (nSPS) is 10.3. The molecule has 0 aliphatic rings. The Kier molecular flexibility index (Phi) is 6.91. The first kappa shape index (κ1) is 17.2. The van der Waals surface area contributed by atoms with Gasteiger partial charge in [0, 0.05) is 32.6 Å². The molecule has 118 valence electrons. The van der Waals surface area contributed by atoms with E-state index in [4.69, 9.17) is 0 Å². The average Bonchev–Trinajstić information content (AvgIpc) is 2.47. The van der Waals surface area contributed by atoms with E-state index >= 15 is 0 Å². The van der Waals surface area contributed by atoms with Crippen molar-refractivity contribution in [1.29, 1.82) is 0 Å². The van der Waals surface area contributed by atoms with E-state index in [0.29, 0.717) is 0 Å². The molecule has 21 heavy (non-hydrogen) atoms. The minimum Gasteiger partial charge on any atom is -0.370 e. The van der Waals surface area contributed by atoms with Crippen LogP contribution in [-0.2, 0) is 11.2 Å². The Labute approximate surface area is 127 Å². The van der Waals surface area contributed by atoms with Crippen LogP contribution in [-0.4, -0.2) is 43.1 Å². The van der Waals surface area contributed by atoms with Crippen LogP contribution in [0.4, 0.5) is 11.6 Å². The summed E-state index contributed by atoms with van der Waals surface area (Å²) in [6.07, 6.45) is 2.87. The van der Waals surface area contributed by atoms with E-state index in [9.17, 15) is 4.79 Å². The molecule has 6 heteroatoms. The lowest BCUT2D eigenvalue weighted by Crippen LogP contribution is -2.34. The molecule has 6 nitrogen and oxygen atoms in total. The summed E-state index contributed by atoms with van der Waals surface area (Å²) in [7, 11) is 3.52. The molecule has 0 spiro atoms. The van der Waals surface area contributed by atoms with Crippen LogP contribution in [0.2, 0.25) is 0 Å². The number of hydrogen-bond acceptors (Lipinski definition) is 5. The van der Waals surface area contributed by atoms with Crippen molar-refractivity contribution in [1.82, 2.24) is 15.3 Å². The van der Waals surface area contributed by atoms with Gasteiger partial charge in [0.1, 0.15) is 17.5 Å². The van der Waals surface area contributed by atoms with Gasteiger partial charge >= 0.3 is 0 Å².